The zero-order valence-electron chi connectivity index (χ0n) is 10.8. The van der Waals surface area contributed by atoms with Crippen molar-refractivity contribution in [2.45, 2.75) is 53.6 Å². The fraction of sp³-hybridized carbons (Fsp3) is 0.571. The molecule has 0 saturated heterocycles. The van der Waals surface area contributed by atoms with Crippen molar-refractivity contribution in [3.05, 3.63) is 28.8 Å². The molecule has 0 atom stereocenters. The maximum atomic E-state index is 6.07. The van der Waals surface area contributed by atoms with Crippen LogP contribution in [-0.2, 0) is 0 Å². The summed E-state index contributed by atoms with van der Waals surface area (Å²) in [6.07, 6.45) is 1.01. The molecule has 0 amide bonds. The van der Waals surface area contributed by atoms with Gasteiger partial charge in [0.25, 0.3) is 0 Å². The van der Waals surface area contributed by atoms with E-state index in [0.29, 0.717) is 0 Å². The van der Waals surface area contributed by atoms with E-state index < -0.39 is 0 Å². The van der Waals surface area contributed by atoms with Crippen LogP contribution in [0.2, 0.25) is 0 Å². The van der Waals surface area contributed by atoms with Gasteiger partial charge in [0.1, 0.15) is 11.4 Å². The molecule has 0 radical (unpaired) electrons. The summed E-state index contributed by atoms with van der Waals surface area (Å²) in [5.41, 5.74) is 3.68. The predicted molar refractivity (Wildman–Crippen MR) is 65.7 cm³/mol. The Morgan fingerprint density at radius 3 is 1.93 bits per heavy atom. The largest absolute Gasteiger partial charge is 0.487 e. The van der Waals surface area contributed by atoms with Crippen molar-refractivity contribution >= 4 is 0 Å². The fourth-order valence-corrected chi connectivity index (χ4v) is 1.68. The van der Waals surface area contributed by atoms with Crippen LogP contribution in [0.4, 0.5) is 0 Å². The maximum absolute atomic E-state index is 6.07. The van der Waals surface area contributed by atoms with Gasteiger partial charge in [-0.3, -0.25) is 0 Å². The highest BCUT2D eigenvalue weighted by Crippen LogP contribution is 2.29. The number of ether oxygens (including phenoxy) is 1. The van der Waals surface area contributed by atoms with Crippen LogP contribution in [0, 0.1) is 20.8 Å². The summed E-state index contributed by atoms with van der Waals surface area (Å²) in [4.78, 5) is 0. The van der Waals surface area contributed by atoms with Crippen LogP contribution in [0.3, 0.4) is 0 Å². The predicted octanol–water partition coefficient (Wildman–Crippen LogP) is 4.18. The summed E-state index contributed by atoms with van der Waals surface area (Å²) in [5, 5.41) is 0. The molecule has 1 rings (SSSR count). The first-order chi connectivity index (χ1) is 6.85. The van der Waals surface area contributed by atoms with Crippen LogP contribution >= 0.6 is 0 Å². The topological polar surface area (TPSA) is 9.23 Å². The van der Waals surface area contributed by atoms with Crippen molar-refractivity contribution in [2.75, 3.05) is 0 Å². The van der Waals surface area contributed by atoms with Crippen LogP contribution in [-0.4, -0.2) is 5.60 Å². The van der Waals surface area contributed by atoms with Crippen LogP contribution < -0.4 is 4.74 Å². The monoisotopic (exact) mass is 206 g/mol. The normalized spacial score (nSPS) is 11.6. The molecule has 1 heteroatoms. The van der Waals surface area contributed by atoms with Gasteiger partial charge in [-0.2, -0.15) is 0 Å². The standard InChI is InChI=1S/C14H22O/c1-7-14(5,6)15-13-11(3)8-10(2)9-12(13)4/h8-9H,7H2,1-6H3. The number of rotatable bonds is 3. The molecule has 0 aliphatic carbocycles. The Hall–Kier alpha value is -0.980. The molecule has 0 unspecified atom stereocenters. The van der Waals surface area contributed by atoms with E-state index in [0.717, 1.165) is 12.2 Å². The minimum Gasteiger partial charge on any atom is -0.487 e. The SMILES string of the molecule is CCC(C)(C)Oc1c(C)cc(C)cc1C. The minimum absolute atomic E-state index is 0.0786. The van der Waals surface area contributed by atoms with Crippen molar-refractivity contribution in [2.24, 2.45) is 0 Å². The van der Waals surface area contributed by atoms with E-state index in [4.69, 9.17) is 4.74 Å². The van der Waals surface area contributed by atoms with Crippen molar-refractivity contribution in [1.29, 1.82) is 0 Å². The van der Waals surface area contributed by atoms with E-state index in [-0.39, 0.29) is 5.60 Å². The maximum Gasteiger partial charge on any atom is 0.125 e. The zero-order valence-corrected chi connectivity index (χ0v) is 10.8. The van der Waals surface area contributed by atoms with E-state index in [2.05, 4.69) is 53.7 Å². The molecule has 0 N–H and O–H groups in total. The number of hydrogen-bond donors (Lipinski definition) is 0. The molecule has 15 heavy (non-hydrogen) atoms. The van der Waals surface area contributed by atoms with Crippen LogP contribution in [0.5, 0.6) is 5.75 Å². The molecule has 0 aromatic heterocycles. The Bertz CT molecular complexity index is 327. The molecule has 1 aromatic carbocycles. The molecule has 0 spiro atoms. The van der Waals surface area contributed by atoms with Crippen molar-refractivity contribution in [3.63, 3.8) is 0 Å². The van der Waals surface area contributed by atoms with Crippen molar-refractivity contribution in [3.8, 4) is 5.75 Å². The van der Waals surface area contributed by atoms with E-state index in [1.165, 1.54) is 16.7 Å². The molecule has 1 aromatic rings. The third-order valence-electron chi connectivity index (χ3n) is 2.83. The molecular formula is C14H22O. The number of hydrogen-bond acceptors (Lipinski definition) is 1. The summed E-state index contributed by atoms with van der Waals surface area (Å²) in [5.74, 6) is 1.05. The highest BCUT2D eigenvalue weighted by Gasteiger charge is 2.19. The lowest BCUT2D eigenvalue weighted by atomic mass is 10.0. The second-order valence-electron chi connectivity index (χ2n) is 4.94. The summed E-state index contributed by atoms with van der Waals surface area (Å²) >= 11 is 0. The molecule has 0 fully saturated rings. The minimum atomic E-state index is -0.0786. The Kier molecular flexibility index (Phi) is 3.43. The fourth-order valence-electron chi connectivity index (χ4n) is 1.68. The van der Waals surface area contributed by atoms with E-state index in [1.807, 2.05) is 0 Å². The average molecular weight is 206 g/mol. The lowest BCUT2D eigenvalue weighted by Crippen LogP contribution is -2.27. The summed E-state index contributed by atoms with van der Waals surface area (Å²) in [7, 11) is 0. The van der Waals surface area contributed by atoms with Gasteiger partial charge >= 0.3 is 0 Å². The molecular weight excluding hydrogens is 184 g/mol. The van der Waals surface area contributed by atoms with Crippen LogP contribution in [0.25, 0.3) is 0 Å². The zero-order chi connectivity index (χ0) is 11.6. The van der Waals surface area contributed by atoms with E-state index in [9.17, 15) is 0 Å². The first-order valence-electron chi connectivity index (χ1n) is 5.62. The molecule has 84 valence electrons. The Labute approximate surface area is 93.5 Å². The summed E-state index contributed by atoms with van der Waals surface area (Å²) < 4.78 is 6.07. The van der Waals surface area contributed by atoms with Crippen LogP contribution in [0.15, 0.2) is 12.1 Å². The van der Waals surface area contributed by atoms with Gasteiger partial charge in [0, 0.05) is 0 Å². The molecule has 0 bridgehead atoms. The van der Waals surface area contributed by atoms with Gasteiger partial charge in [-0.15, -0.1) is 0 Å². The van der Waals surface area contributed by atoms with Crippen LogP contribution in [0.1, 0.15) is 43.9 Å². The van der Waals surface area contributed by atoms with Crippen molar-refractivity contribution < 1.29 is 4.74 Å². The Balaban J connectivity index is 3.05. The second-order valence-corrected chi connectivity index (χ2v) is 4.94. The van der Waals surface area contributed by atoms with Gasteiger partial charge in [0.05, 0.1) is 0 Å². The first kappa shape index (κ1) is 12.1. The quantitative estimate of drug-likeness (QED) is 0.721. The van der Waals surface area contributed by atoms with Gasteiger partial charge in [0.15, 0.2) is 0 Å². The molecule has 1 nitrogen and oxygen atoms in total. The Morgan fingerprint density at radius 2 is 1.53 bits per heavy atom. The van der Waals surface area contributed by atoms with Gasteiger partial charge in [0.2, 0.25) is 0 Å². The van der Waals surface area contributed by atoms with E-state index >= 15 is 0 Å². The number of aryl methyl sites for hydroxylation is 3. The first-order valence-corrected chi connectivity index (χ1v) is 5.62. The van der Waals surface area contributed by atoms with Gasteiger partial charge in [-0.05, 0) is 52.2 Å². The lowest BCUT2D eigenvalue weighted by Gasteiger charge is -2.27. The van der Waals surface area contributed by atoms with Gasteiger partial charge in [-0.25, -0.2) is 0 Å². The number of benzene rings is 1. The summed E-state index contributed by atoms with van der Waals surface area (Å²) in [6.45, 7) is 12.8. The third kappa shape index (κ3) is 2.98. The van der Waals surface area contributed by atoms with Crippen molar-refractivity contribution in [1.82, 2.24) is 0 Å². The highest BCUT2D eigenvalue weighted by molar-refractivity contribution is 5.43. The molecule has 0 aliphatic rings. The molecule has 0 saturated carbocycles. The Morgan fingerprint density at radius 1 is 1.07 bits per heavy atom. The smallest absolute Gasteiger partial charge is 0.125 e. The second kappa shape index (κ2) is 4.26. The molecule has 0 heterocycles. The van der Waals surface area contributed by atoms with Gasteiger partial charge in [-0.1, -0.05) is 24.6 Å². The lowest BCUT2D eigenvalue weighted by molar-refractivity contribution is 0.103. The summed E-state index contributed by atoms with van der Waals surface area (Å²) in [6, 6.07) is 4.35. The highest BCUT2D eigenvalue weighted by atomic mass is 16.5. The van der Waals surface area contributed by atoms with E-state index in [1.54, 1.807) is 0 Å². The third-order valence-corrected chi connectivity index (χ3v) is 2.83. The van der Waals surface area contributed by atoms with Gasteiger partial charge < -0.3 is 4.74 Å². The average Bonchev–Trinajstić information content (AvgIpc) is 2.11. The molecule has 0 aliphatic heterocycles.